The van der Waals surface area contributed by atoms with Crippen LogP contribution in [0.3, 0.4) is 0 Å². The second-order valence-corrected chi connectivity index (χ2v) is 11.0. The van der Waals surface area contributed by atoms with E-state index < -0.39 is 11.4 Å². The normalized spacial score (nSPS) is 21.1. The van der Waals surface area contributed by atoms with E-state index in [1.54, 1.807) is 15.4 Å². The molecule has 1 saturated heterocycles. The van der Waals surface area contributed by atoms with Crippen LogP contribution in [-0.4, -0.2) is 47.9 Å². The summed E-state index contributed by atoms with van der Waals surface area (Å²) in [6.07, 6.45) is 7.28. The molecule has 1 N–H and O–H groups in total. The Hall–Kier alpha value is -2.95. The number of aromatic nitrogens is 5. The van der Waals surface area contributed by atoms with Crippen molar-refractivity contribution >= 4 is 28.7 Å². The summed E-state index contributed by atoms with van der Waals surface area (Å²) in [7, 11) is 0. The van der Waals surface area contributed by atoms with Gasteiger partial charge in [-0.1, -0.05) is 0 Å². The largest absolute Gasteiger partial charge is 0.354 e. The topological polar surface area (TPSA) is 104 Å². The molecule has 0 aromatic carbocycles. The molecule has 11 heteroatoms. The Labute approximate surface area is 212 Å². The molecule has 2 fully saturated rings. The average molecular weight is 515 g/mol. The average Bonchev–Trinajstić information content (AvgIpc) is 3.28. The minimum absolute atomic E-state index is 0.0453. The van der Waals surface area contributed by atoms with Gasteiger partial charge < -0.3 is 5.32 Å². The summed E-state index contributed by atoms with van der Waals surface area (Å²) in [6.45, 7) is 2.64. The fourth-order valence-electron chi connectivity index (χ4n) is 5.42. The summed E-state index contributed by atoms with van der Waals surface area (Å²) in [5.41, 5.74) is 0.409. The van der Waals surface area contributed by atoms with E-state index in [0.29, 0.717) is 19.4 Å². The zero-order valence-corrected chi connectivity index (χ0v) is 21.2. The number of nitrogens with zero attached hydrogens (tertiary/aromatic N) is 5. The molecule has 0 spiro atoms. The molecule has 3 aromatic heterocycles. The zero-order valence-electron chi connectivity index (χ0n) is 20.4. The quantitative estimate of drug-likeness (QED) is 0.543. The summed E-state index contributed by atoms with van der Waals surface area (Å²) in [6, 6.07) is 2.77. The summed E-state index contributed by atoms with van der Waals surface area (Å²) < 4.78 is 18.7. The van der Waals surface area contributed by atoms with Crippen molar-refractivity contribution in [2.24, 2.45) is 5.92 Å². The van der Waals surface area contributed by atoms with Gasteiger partial charge in [0.2, 0.25) is 5.91 Å². The first kappa shape index (κ1) is 24.7. The van der Waals surface area contributed by atoms with Gasteiger partial charge in [0.25, 0.3) is 5.56 Å². The van der Waals surface area contributed by atoms with E-state index in [0.717, 1.165) is 49.1 Å². The third-order valence-corrected chi connectivity index (χ3v) is 8.52. The van der Waals surface area contributed by atoms with Gasteiger partial charge in [-0.15, -0.1) is 0 Å². The van der Waals surface area contributed by atoms with Crippen molar-refractivity contribution in [2.45, 2.75) is 64.1 Å². The number of carbonyl (C=O) groups excluding carboxylic acids is 1. The van der Waals surface area contributed by atoms with E-state index in [4.69, 9.17) is 0 Å². The molecule has 3 aromatic rings. The van der Waals surface area contributed by atoms with Gasteiger partial charge in [0, 0.05) is 30.5 Å². The molecule has 1 aliphatic heterocycles. The zero-order chi connectivity index (χ0) is 25.2. The molecule has 36 heavy (non-hydrogen) atoms. The summed E-state index contributed by atoms with van der Waals surface area (Å²) in [5.74, 6) is 1.49. The van der Waals surface area contributed by atoms with Gasteiger partial charge in [0.05, 0.1) is 11.6 Å². The van der Waals surface area contributed by atoms with Crippen LogP contribution in [0.2, 0.25) is 0 Å². The molecule has 1 aliphatic carbocycles. The Morgan fingerprint density at radius 1 is 1.11 bits per heavy atom. The fourth-order valence-corrected chi connectivity index (χ4v) is 6.50. The summed E-state index contributed by atoms with van der Waals surface area (Å²) in [5, 5.41) is 7.30. The Bertz CT molecular complexity index is 1370. The molecule has 2 aliphatic rings. The van der Waals surface area contributed by atoms with Crippen LogP contribution in [-0.2, 0) is 11.3 Å². The van der Waals surface area contributed by atoms with Gasteiger partial charge in [-0.3, -0.25) is 23.4 Å². The maximum absolute atomic E-state index is 14.1. The molecular formula is C25H31FN6O3S. The minimum atomic E-state index is -0.583. The molecule has 4 heterocycles. The Balaban J connectivity index is 1.32. The number of fused-ring (bicyclic) bond motifs is 1. The second-order valence-electron chi connectivity index (χ2n) is 9.80. The molecule has 0 radical (unpaired) electrons. The van der Waals surface area contributed by atoms with Gasteiger partial charge in [-0.2, -0.15) is 16.9 Å². The number of amides is 1. The maximum Gasteiger partial charge on any atom is 0.333 e. The van der Waals surface area contributed by atoms with Crippen molar-refractivity contribution < 1.29 is 9.18 Å². The van der Waals surface area contributed by atoms with E-state index in [9.17, 15) is 18.8 Å². The standard InChI is InChI=1S/C25H31FN6O3S/c1-16-6-9-29-30(16)15-22(33)27-13-17-2-4-19(5-3-17)32-24(34)21-12-18(26)14-28-23(21)31(25(32)35)20-7-10-36-11-8-20/h6,9,12,14,17,19-20H,2-5,7-8,10-11,13,15H2,1H3,(H,27,33). The lowest BCUT2D eigenvalue weighted by Gasteiger charge is -2.31. The van der Waals surface area contributed by atoms with Crippen LogP contribution in [0.4, 0.5) is 4.39 Å². The predicted octanol–water partition coefficient (Wildman–Crippen LogP) is 2.82. The number of hydrogen-bond acceptors (Lipinski definition) is 6. The third-order valence-electron chi connectivity index (χ3n) is 7.47. The van der Waals surface area contributed by atoms with Crippen LogP contribution in [0.15, 0.2) is 34.1 Å². The number of rotatable bonds is 6. The highest BCUT2D eigenvalue weighted by atomic mass is 32.2. The monoisotopic (exact) mass is 514 g/mol. The number of carbonyl (C=O) groups is 1. The van der Waals surface area contributed by atoms with Crippen molar-refractivity contribution in [2.75, 3.05) is 18.1 Å². The van der Waals surface area contributed by atoms with Crippen molar-refractivity contribution in [1.82, 2.24) is 29.2 Å². The third kappa shape index (κ3) is 4.98. The summed E-state index contributed by atoms with van der Waals surface area (Å²) >= 11 is 1.85. The molecule has 0 atom stereocenters. The summed E-state index contributed by atoms with van der Waals surface area (Å²) in [4.78, 5) is 43.6. The first-order valence-electron chi connectivity index (χ1n) is 12.6. The van der Waals surface area contributed by atoms with Crippen molar-refractivity contribution in [1.29, 1.82) is 0 Å². The number of nitrogens with one attached hydrogen (secondary N) is 1. The lowest BCUT2D eigenvalue weighted by Crippen LogP contribution is -2.45. The van der Waals surface area contributed by atoms with E-state index in [2.05, 4.69) is 15.4 Å². The van der Waals surface area contributed by atoms with Crippen molar-refractivity contribution in [3.05, 3.63) is 56.9 Å². The second kappa shape index (κ2) is 10.6. The fraction of sp³-hybridized carbons (Fsp3) is 0.560. The van der Waals surface area contributed by atoms with Crippen LogP contribution in [0.5, 0.6) is 0 Å². The van der Waals surface area contributed by atoms with Crippen LogP contribution in [0.25, 0.3) is 11.0 Å². The molecule has 1 amide bonds. The van der Waals surface area contributed by atoms with Gasteiger partial charge >= 0.3 is 5.69 Å². The number of halogens is 1. The van der Waals surface area contributed by atoms with Crippen LogP contribution in [0, 0.1) is 18.7 Å². The van der Waals surface area contributed by atoms with E-state index in [1.165, 1.54) is 10.6 Å². The molecule has 1 saturated carbocycles. The van der Waals surface area contributed by atoms with E-state index in [-0.39, 0.29) is 47.2 Å². The van der Waals surface area contributed by atoms with E-state index in [1.807, 2.05) is 24.8 Å². The van der Waals surface area contributed by atoms with Crippen molar-refractivity contribution in [3.63, 3.8) is 0 Å². The van der Waals surface area contributed by atoms with Crippen LogP contribution >= 0.6 is 11.8 Å². The van der Waals surface area contributed by atoms with Gasteiger partial charge in [0.15, 0.2) is 0 Å². The van der Waals surface area contributed by atoms with Gasteiger partial charge in [-0.05, 0) is 75.0 Å². The highest BCUT2D eigenvalue weighted by Crippen LogP contribution is 2.32. The molecule has 5 rings (SSSR count). The van der Waals surface area contributed by atoms with Crippen LogP contribution < -0.4 is 16.6 Å². The highest BCUT2D eigenvalue weighted by molar-refractivity contribution is 7.99. The lowest BCUT2D eigenvalue weighted by molar-refractivity contribution is -0.122. The first-order valence-corrected chi connectivity index (χ1v) is 13.7. The first-order chi connectivity index (χ1) is 17.4. The van der Waals surface area contributed by atoms with Gasteiger partial charge in [-0.25, -0.2) is 14.2 Å². The van der Waals surface area contributed by atoms with Crippen molar-refractivity contribution in [3.8, 4) is 0 Å². The molecule has 0 bridgehead atoms. The number of hydrogen-bond donors (Lipinski definition) is 1. The van der Waals surface area contributed by atoms with Gasteiger partial charge in [0.1, 0.15) is 18.0 Å². The van der Waals surface area contributed by atoms with E-state index >= 15 is 0 Å². The Morgan fingerprint density at radius 3 is 2.53 bits per heavy atom. The molecular weight excluding hydrogens is 483 g/mol. The number of pyridine rings is 1. The number of thioether (sulfide) groups is 1. The lowest BCUT2D eigenvalue weighted by atomic mass is 9.85. The molecule has 0 unspecified atom stereocenters. The maximum atomic E-state index is 14.1. The number of aryl methyl sites for hydroxylation is 1. The Kier molecular flexibility index (Phi) is 7.27. The Morgan fingerprint density at radius 2 is 1.83 bits per heavy atom. The smallest absolute Gasteiger partial charge is 0.333 e. The molecule has 192 valence electrons. The predicted molar refractivity (Wildman–Crippen MR) is 137 cm³/mol. The molecule has 9 nitrogen and oxygen atoms in total. The highest BCUT2D eigenvalue weighted by Gasteiger charge is 2.29. The SMILES string of the molecule is Cc1ccnn1CC(=O)NCC1CCC(n2c(=O)c3cc(F)cnc3n(C3CCSCC3)c2=O)CC1. The van der Waals surface area contributed by atoms with Crippen LogP contribution in [0.1, 0.15) is 56.3 Å². The minimum Gasteiger partial charge on any atom is -0.354 e.